The molecule has 1 aromatic heterocycles. The summed E-state index contributed by atoms with van der Waals surface area (Å²) in [6.07, 6.45) is 0. The van der Waals surface area contributed by atoms with Gasteiger partial charge in [0.15, 0.2) is 0 Å². The Hall–Kier alpha value is -1.55. The Labute approximate surface area is 91.6 Å². The summed E-state index contributed by atoms with van der Waals surface area (Å²) < 4.78 is 0.931. The molecule has 4 heteroatoms. The lowest BCUT2D eigenvalue weighted by Gasteiger charge is -2.10. The first-order valence-electron chi connectivity index (χ1n) is 4.51. The van der Waals surface area contributed by atoms with E-state index < -0.39 is 0 Å². The highest BCUT2D eigenvalue weighted by molar-refractivity contribution is 7.17. The van der Waals surface area contributed by atoms with E-state index in [4.69, 9.17) is 0 Å². The van der Waals surface area contributed by atoms with Gasteiger partial charge in [0.25, 0.3) is 5.91 Å². The van der Waals surface area contributed by atoms with Crippen LogP contribution in [0.2, 0.25) is 0 Å². The summed E-state index contributed by atoms with van der Waals surface area (Å²) in [6.45, 7) is 0. The van der Waals surface area contributed by atoms with E-state index in [1.165, 1.54) is 22.3 Å². The minimum absolute atomic E-state index is 0.0967. The van der Waals surface area contributed by atoms with E-state index in [9.17, 15) is 9.90 Å². The van der Waals surface area contributed by atoms with Crippen LogP contribution in [0.25, 0.3) is 10.1 Å². The van der Waals surface area contributed by atoms with Gasteiger partial charge in [0, 0.05) is 29.7 Å². The number of aromatic hydroxyl groups is 1. The first-order valence-corrected chi connectivity index (χ1v) is 5.39. The molecule has 0 aliphatic carbocycles. The van der Waals surface area contributed by atoms with Crippen molar-refractivity contribution in [1.82, 2.24) is 4.90 Å². The topological polar surface area (TPSA) is 40.5 Å². The number of rotatable bonds is 1. The average Bonchev–Trinajstić information content (AvgIpc) is 2.64. The number of phenols is 1. The minimum Gasteiger partial charge on any atom is -0.507 e. The number of thiophene rings is 1. The first kappa shape index (κ1) is 9.98. The molecule has 0 saturated carbocycles. The van der Waals surface area contributed by atoms with Crippen LogP contribution in [0.3, 0.4) is 0 Å². The molecule has 2 rings (SSSR count). The number of nitrogens with zero attached hydrogens (tertiary/aromatic N) is 1. The van der Waals surface area contributed by atoms with Crippen LogP contribution in [0.1, 0.15) is 10.4 Å². The maximum absolute atomic E-state index is 11.7. The van der Waals surface area contributed by atoms with E-state index in [1.807, 2.05) is 17.5 Å². The third-order valence-corrected chi connectivity index (χ3v) is 3.07. The monoisotopic (exact) mass is 221 g/mol. The Morgan fingerprint density at radius 1 is 1.40 bits per heavy atom. The molecule has 0 fully saturated rings. The predicted molar refractivity (Wildman–Crippen MR) is 61.5 cm³/mol. The molecular weight excluding hydrogens is 210 g/mol. The third-order valence-electron chi connectivity index (χ3n) is 2.20. The van der Waals surface area contributed by atoms with Crippen LogP contribution in [0, 0.1) is 0 Å². The molecule has 1 heterocycles. The molecule has 0 atom stereocenters. The zero-order valence-electron chi connectivity index (χ0n) is 8.52. The van der Waals surface area contributed by atoms with Crippen LogP contribution in [0.4, 0.5) is 0 Å². The normalized spacial score (nSPS) is 10.5. The van der Waals surface area contributed by atoms with Gasteiger partial charge in [-0.05, 0) is 23.6 Å². The van der Waals surface area contributed by atoms with Crippen LogP contribution >= 0.6 is 11.3 Å². The lowest BCUT2D eigenvalue weighted by atomic mass is 10.1. The zero-order valence-corrected chi connectivity index (χ0v) is 9.34. The molecule has 0 aliphatic rings. The second-order valence-corrected chi connectivity index (χ2v) is 4.48. The van der Waals surface area contributed by atoms with Crippen molar-refractivity contribution >= 4 is 27.3 Å². The van der Waals surface area contributed by atoms with E-state index in [0.717, 1.165) is 10.1 Å². The molecule has 15 heavy (non-hydrogen) atoms. The summed E-state index contributed by atoms with van der Waals surface area (Å²) in [5.41, 5.74) is 0.521. The molecule has 3 nitrogen and oxygen atoms in total. The fourth-order valence-corrected chi connectivity index (χ4v) is 2.28. The highest BCUT2D eigenvalue weighted by Gasteiger charge is 2.11. The Morgan fingerprint density at radius 3 is 2.80 bits per heavy atom. The van der Waals surface area contributed by atoms with Crippen molar-refractivity contribution in [2.24, 2.45) is 0 Å². The summed E-state index contributed by atoms with van der Waals surface area (Å²) in [6, 6.07) is 5.17. The molecule has 1 N–H and O–H groups in total. The summed E-state index contributed by atoms with van der Waals surface area (Å²) in [5, 5.41) is 12.4. The highest BCUT2D eigenvalue weighted by Crippen LogP contribution is 2.30. The number of carbonyl (C=O) groups is 1. The lowest BCUT2D eigenvalue weighted by Crippen LogP contribution is -2.21. The summed E-state index contributed by atoms with van der Waals surface area (Å²) >= 11 is 1.51. The van der Waals surface area contributed by atoms with E-state index in [2.05, 4.69) is 0 Å². The van der Waals surface area contributed by atoms with Gasteiger partial charge in [-0.3, -0.25) is 4.79 Å². The summed E-state index contributed by atoms with van der Waals surface area (Å²) in [5.74, 6) is 0.0690. The third kappa shape index (κ3) is 1.68. The Bertz CT molecular complexity index is 516. The van der Waals surface area contributed by atoms with E-state index >= 15 is 0 Å². The predicted octanol–water partition coefficient (Wildman–Crippen LogP) is 2.31. The number of fused-ring (bicyclic) bond motifs is 1. The van der Waals surface area contributed by atoms with Crippen molar-refractivity contribution < 1.29 is 9.90 Å². The molecule has 0 spiro atoms. The fourth-order valence-electron chi connectivity index (χ4n) is 1.43. The maximum atomic E-state index is 11.7. The molecule has 1 aromatic carbocycles. The molecule has 0 radical (unpaired) electrons. The van der Waals surface area contributed by atoms with Gasteiger partial charge < -0.3 is 10.0 Å². The van der Waals surface area contributed by atoms with E-state index in [1.54, 1.807) is 14.1 Å². The molecule has 1 amide bonds. The lowest BCUT2D eigenvalue weighted by molar-refractivity contribution is 0.0827. The second-order valence-electron chi connectivity index (χ2n) is 3.53. The van der Waals surface area contributed by atoms with Crippen molar-refractivity contribution in [2.75, 3.05) is 14.1 Å². The smallest absolute Gasteiger partial charge is 0.253 e. The van der Waals surface area contributed by atoms with Gasteiger partial charge in [-0.1, -0.05) is 0 Å². The van der Waals surface area contributed by atoms with Crippen molar-refractivity contribution in [2.45, 2.75) is 0 Å². The van der Waals surface area contributed by atoms with Crippen LogP contribution in [0.5, 0.6) is 5.75 Å². The Balaban J connectivity index is 2.59. The quantitative estimate of drug-likeness (QED) is 0.802. The molecule has 78 valence electrons. The molecular formula is C11H11NO2S. The van der Waals surface area contributed by atoms with Gasteiger partial charge in [0.1, 0.15) is 5.75 Å². The number of hydrogen-bond acceptors (Lipinski definition) is 3. The number of hydrogen-bond donors (Lipinski definition) is 1. The number of phenolic OH excluding ortho intramolecular Hbond substituents is 1. The number of carbonyl (C=O) groups excluding carboxylic acids is 1. The SMILES string of the molecule is CN(C)C(=O)c1cc(O)c2ccsc2c1. The van der Waals surface area contributed by atoms with Crippen LogP contribution < -0.4 is 0 Å². The van der Waals surface area contributed by atoms with Crippen LogP contribution in [0.15, 0.2) is 23.6 Å². The van der Waals surface area contributed by atoms with Gasteiger partial charge in [-0.15, -0.1) is 11.3 Å². The van der Waals surface area contributed by atoms with Crippen molar-refractivity contribution in [3.05, 3.63) is 29.1 Å². The summed E-state index contributed by atoms with van der Waals surface area (Å²) in [7, 11) is 3.38. The Kier molecular flexibility index (Phi) is 2.36. The van der Waals surface area contributed by atoms with Gasteiger partial charge in [0.2, 0.25) is 0 Å². The van der Waals surface area contributed by atoms with Crippen molar-refractivity contribution in [1.29, 1.82) is 0 Å². The van der Waals surface area contributed by atoms with Gasteiger partial charge in [0.05, 0.1) is 0 Å². The zero-order chi connectivity index (χ0) is 11.0. The first-order chi connectivity index (χ1) is 7.09. The second kappa shape index (κ2) is 3.55. The molecule has 0 unspecified atom stereocenters. The van der Waals surface area contributed by atoms with Gasteiger partial charge in [-0.2, -0.15) is 0 Å². The fraction of sp³-hybridized carbons (Fsp3) is 0.182. The molecule has 0 saturated heterocycles. The maximum Gasteiger partial charge on any atom is 0.253 e. The molecule has 2 aromatic rings. The number of benzene rings is 1. The molecule has 0 aliphatic heterocycles. The van der Waals surface area contributed by atoms with Gasteiger partial charge in [-0.25, -0.2) is 0 Å². The number of amides is 1. The van der Waals surface area contributed by atoms with Crippen molar-refractivity contribution in [3.63, 3.8) is 0 Å². The van der Waals surface area contributed by atoms with E-state index in [0.29, 0.717) is 5.56 Å². The Morgan fingerprint density at radius 2 is 2.13 bits per heavy atom. The van der Waals surface area contributed by atoms with Crippen molar-refractivity contribution in [3.8, 4) is 5.75 Å². The standard InChI is InChI=1S/C11H11NO2S/c1-12(2)11(14)7-5-9(13)8-3-4-15-10(8)6-7/h3-6,13H,1-2H3. The van der Waals surface area contributed by atoms with Gasteiger partial charge >= 0.3 is 0 Å². The largest absolute Gasteiger partial charge is 0.507 e. The highest BCUT2D eigenvalue weighted by atomic mass is 32.1. The van der Waals surface area contributed by atoms with E-state index in [-0.39, 0.29) is 11.7 Å². The minimum atomic E-state index is -0.0967. The summed E-state index contributed by atoms with van der Waals surface area (Å²) in [4.78, 5) is 13.2. The molecule has 0 bridgehead atoms. The average molecular weight is 221 g/mol. The van der Waals surface area contributed by atoms with Crippen LogP contribution in [-0.2, 0) is 0 Å². The van der Waals surface area contributed by atoms with Crippen LogP contribution in [-0.4, -0.2) is 30.0 Å².